The molecule has 2 aromatic heterocycles. The number of aromatic nitrogens is 3. The first-order chi connectivity index (χ1) is 10.9. The van der Waals surface area contributed by atoms with Crippen molar-refractivity contribution in [3.05, 3.63) is 34.6 Å². The van der Waals surface area contributed by atoms with Crippen LogP contribution >= 0.6 is 0 Å². The van der Waals surface area contributed by atoms with Gasteiger partial charge in [0.15, 0.2) is 5.82 Å². The lowest BCUT2D eigenvalue weighted by Crippen LogP contribution is -2.43. The number of azide groups is 1. The third-order valence-electron chi connectivity index (χ3n) is 3.72. The molecule has 0 saturated carbocycles. The minimum atomic E-state index is -3.02. The lowest BCUT2D eigenvalue weighted by molar-refractivity contribution is -0.223. The summed E-state index contributed by atoms with van der Waals surface area (Å²) in [7, 11) is 0. The van der Waals surface area contributed by atoms with E-state index in [9.17, 15) is 14.6 Å². The highest BCUT2D eigenvalue weighted by molar-refractivity contribution is 5.65. The molecule has 2 aromatic rings. The summed E-state index contributed by atoms with van der Waals surface area (Å²) in [6.07, 6.45) is -3.05. The van der Waals surface area contributed by atoms with Crippen LogP contribution in [-0.4, -0.2) is 54.6 Å². The van der Waals surface area contributed by atoms with Crippen LogP contribution in [0.5, 0.6) is 0 Å². The molecule has 0 amide bonds. The molecule has 12 heteroatoms. The van der Waals surface area contributed by atoms with Gasteiger partial charge in [-0.05, 0) is 22.8 Å². The summed E-state index contributed by atoms with van der Waals surface area (Å²) < 4.78 is 20.6. The van der Waals surface area contributed by atoms with Gasteiger partial charge in [-0.25, -0.2) is 13.9 Å². The Morgan fingerprint density at radius 1 is 1.48 bits per heavy atom. The molecule has 5 N–H and O–H groups in total. The molecule has 122 valence electrons. The number of nitrogens with zero attached hydrogens (tertiary/aromatic N) is 6. The Bertz CT molecular complexity index is 809. The van der Waals surface area contributed by atoms with Crippen LogP contribution in [-0.2, 0) is 10.5 Å². The highest BCUT2D eigenvalue weighted by Crippen LogP contribution is 2.47. The monoisotopic (exact) mass is 325 g/mol. The van der Waals surface area contributed by atoms with E-state index in [-0.39, 0.29) is 11.5 Å². The minimum absolute atomic E-state index is 0.0843. The van der Waals surface area contributed by atoms with Crippen LogP contribution in [0, 0.1) is 0 Å². The van der Waals surface area contributed by atoms with E-state index < -0.39 is 30.4 Å². The van der Waals surface area contributed by atoms with Crippen molar-refractivity contribution in [1.82, 2.24) is 14.6 Å². The number of halogens is 1. The normalized spacial score (nSPS) is 33.7. The third kappa shape index (κ3) is 1.94. The van der Waals surface area contributed by atoms with Gasteiger partial charge in [0.1, 0.15) is 30.7 Å². The Hall–Kier alpha value is -2.50. The second-order valence-corrected chi connectivity index (χ2v) is 4.98. The topological polar surface area (TPSA) is 175 Å². The fourth-order valence-electron chi connectivity index (χ4n) is 2.58. The largest absolute Gasteiger partial charge is 0.390 e. The smallest absolute Gasteiger partial charge is 0.262 e. The van der Waals surface area contributed by atoms with Crippen molar-refractivity contribution in [3.8, 4) is 0 Å². The molecule has 1 aliphatic rings. The van der Waals surface area contributed by atoms with Gasteiger partial charge in [-0.3, -0.25) is 0 Å². The summed E-state index contributed by atoms with van der Waals surface area (Å²) in [5.41, 5.74) is 12.3. The minimum Gasteiger partial charge on any atom is -0.390 e. The lowest BCUT2D eigenvalue weighted by Gasteiger charge is -2.26. The number of ether oxygens (including phenoxy) is 1. The van der Waals surface area contributed by atoms with E-state index >= 15 is 0 Å². The number of alkyl halides is 1. The first kappa shape index (κ1) is 15.4. The number of nitrogen functional groups attached to an aromatic ring is 1. The second-order valence-electron chi connectivity index (χ2n) is 4.98. The average molecular weight is 325 g/mol. The van der Waals surface area contributed by atoms with Gasteiger partial charge in [0.2, 0.25) is 5.72 Å². The van der Waals surface area contributed by atoms with Crippen molar-refractivity contribution in [2.45, 2.75) is 23.8 Å². The maximum Gasteiger partial charge on any atom is 0.262 e. The summed E-state index contributed by atoms with van der Waals surface area (Å²) in [6.45, 7) is -1.26. The van der Waals surface area contributed by atoms with Gasteiger partial charge in [0.05, 0.1) is 5.69 Å². The van der Waals surface area contributed by atoms with E-state index in [0.717, 1.165) is 10.8 Å². The number of rotatable bonds is 3. The SMILES string of the molecule is [N-]=[N+]=N[C@@]1(c2ccc3c(N)ncnn23)O[C@](F)(CO)[C@@H](O)[C@H]1O. The summed E-state index contributed by atoms with van der Waals surface area (Å²) >= 11 is 0. The van der Waals surface area contributed by atoms with Gasteiger partial charge in [0, 0.05) is 4.91 Å². The van der Waals surface area contributed by atoms with E-state index in [1.165, 1.54) is 12.1 Å². The van der Waals surface area contributed by atoms with Crippen LogP contribution in [0.25, 0.3) is 16.0 Å². The molecule has 0 bridgehead atoms. The van der Waals surface area contributed by atoms with Crippen LogP contribution in [0.3, 0.4) is 0 Å². The second kappa shape index (κ2) is 5.01. The number of aliphatic hydroxyl groups excluding tert-OH is 3. The highest BCUT2D eigenvalue weighted by Gasteiger charge is 2.64. The van der Waals surface area contributed by atoms with E-state index in [1.807, 2.05) is 0 Å². The molecular formula is C11H12FN7O4. The van der Waals surface area contributed by atoms with Crippen molar-refractivity contribution < 1.29 is 24.4 Å². The van der Waals surface area contributed by atoms with Crippen LogP contribution in [0.15, 0.2) is 23.6 Å². The Morgan fingerprint density at radius 3 is 2.83 bits per heavy atom. The molecule has 0 spiro atoms. The summed E-state index contributed by atoms with van der Waals surface area (Å²) in [4.78, 5) is 6.32. The molecule has 0 unspecified atom stereocenters. The predicted molar refractivity (Wildman–Crippen MR) is 72.2 cm³/mol. The van der Waals surface area contributed by atoms with E-state index in [2.05, 4.69) is 20.1 Å². The zero-order valence-corrected chi connectivity index (χ0v) is 11.5. The van der Waals surface area contributed by atoms with Crippen molar-refractivity contribution >= 4 is 11.3 Å². The standard InChI is InChI=1S/C11H12FN7O4/c12-10(3-20)7(21)8(22)11(23-10,17-18-14)6-2-1-5-9(13)15-4-16-19(5)6/h1-2,4,7-8,20-22H,3H2,(H2,13,15,16)/t7-,8+,10+,11-/m0/s1. The van der Waals surface area contributed by atoms with E-state index in [1.54, 1.807) is 0 Å². The molecule has 23 heavy (non-hydrogen) atoms. The highest BCUT2D eigenvalue weighted by atomic mass is 19.2. The molecule has 3 rings (SSSR count). The van der Waals surface area contributed by atoms with Crippen LogP contribution < -0.4 is 5.73 Å². The molecule has 3 heterocycles. The molecule has 11 nitrogen and oxygen atoms in total. The number of aliphatic hydroxyl groups is 3. The molecule has 1 fully saturated rings. The Labute approximate surface area is 127 Å². The van der Waals surface area contributed by atoms with Crippen molar-refractivity contribution in [3.63, 3.8) is 0 Å². The van der Waals surface area contributed by atoms with Crippen molar-refractivity contribution in [2.75, 3.05) is 12.3 Å². The zero-order chi connectivity index (χ0) is 16.8. The molecule has 4 atom stereocenters. The third-order valence-corrected chi connectivity index (χ3v) is 3.72. The first-order valence-electron chi connectivity index (χ1n) is 6.40. The number of anilines is 1. The van der Waals surface area contributed by atoms with Crippen molar-refractivity contribution in [2.24, 2.45) is 5.11 Å². The quantitative estimate of drug-likeness (QED) is 0.324. The fourth-order valence-corrected chi connectivity index (χ4v) is 2.58. The molecule has 0 aliphatic carbocycles. The fraction of sp³-hybridized carbons (Fsp3) is 0.455. The maximum atomic E-state index is 14.4. The summed E-state index contributed by atoms with van der Waals surface area (Å²) in [5.74, 6) is -2.93. The molecule has 1 saturated heterocycles. The van der Waals surface area contributed by atoms with Gasteiger partial charge in [-0.2, -0.15) is 5.10 Å². The van der Waals surface area contributed by atoms with Gasteiger partial charge in [-0.1, -0.05) is 0 Å². The van der Waals surface area contributed by atoms with Gasteiger partial charge >= 0.3 is 0 Å². The van der Waals surface area contributed by atoms with Crippen LogP contribution in [0.4, 0.5) is 10.2 Å². The molecule has 0 aromatic carbocycles. The molecular weight excluding hydrogens is 313 g/mol. The summed E-state index contributed by atoms with van der Waals surface area (Å²) in [6, 6.07) is 2.77. The van der Waals surface area contributed by atoms with E-state index in [0.29, 0.717) is 5.52 Å². The average Bonchev–Trinajstić information content (AvgIpc) is 3.05. The molecule has 1 aliphatic heterocycles. The van der Waals surface area contributed by atoms with Crippen LogP contribution in [0.2, 0.25) is 0 Å². The van der Waals surface area contributed by atoms with Gasteiger partial charge in [-0.15, -0.1) is 0 Å². The van der Waals surface area contributed by atoms with Gasteiger partial charge < -0.3 is 25.8 Å². The summed E-state index contributed by atoms with van der Waals surface area (Å²) in [5, 5.41) is 36.4. The molecule has 0 radical (unpaired) electrons. The Balaban J connectivity index is 2.27. The Morgan fingerprint density at radius 2 is 2.22 bits per heavy atom. The number of hydrogen-bond acceptors (Lipinski definition) is 8. The first-order valence-corrected chi connectivity index (χ1v) is 6.40. The number of hydrogen-bond donors (Lipinski definition) is 4. The Kier molecular flexibility index (Phi) is 3.35. The number of fused-ring (bicyclic) bond motifs is 1. The van der Waals surface area contributed by atoms with Crippen LogP contribution in [0.1, 0.15) is 5.69 Å². The zero-order valence-electron chi connectivity index (χ0n) is 11.5. The predicted octanol–water partition coefficient (Wildman–Crippen LogP) is -0.815. The number of nitrogens with two attached hydrogens (primary N) is 1. The van der Waals surface area contributed by atoms with Crippen molar-refractivity contribution in [1.29, 1.82) is 0 Å². The van der Waals surface area contributed by atoms with Gasteiger partial charge in [0.25, 0.3) is 5.85 Å². The van der Waals surface area contributed by atoms with E-state index in [4.69, 9.17) is 21.1 Å². The maximum absolute atomic E-state index is 14.4. The lowest BCUT2D eigenvalue weighted by atomic mass is 10.00.